The third-order valence-electron chi connectivity index (χ3n) is 4.49. The Bertz CT molecular complexity index is 393. The molecule has 1 N–H and O–H groups in total. The standard InChI is InChI=1S/C16H29N3O/c1-4-9-17-15(11-16(20-3)7-6-8-16)10-14-12-18-19(5-2)13-14/h12-13,15,17H,4-11H2,1-3H3. The molecule has 1 heterocycles. The zero-order chi connectivity index (χ0) is 14.4. The van der Waals surface area contributed by atoms with Gasteiger partial charge in [0.15, 0.2) is 0 Å². The van der Waals surface area contributed by atoms with E-state index in [0.717, 1.165) is 25.9 Å². The first-order valence-electron chi connectivity index (χ1n) is 8.01. The van der Waals surface area contributed by atoms with E-state index in [1.807, 2.05) is 18.0 Å². The second-order valence-electron chi connectivity index (χ2n) is 6.00. The lowest BCUT2D eigenvalue weighted by atomic mass is 9.75. The maximum absolute atomic E-state index is 5.79. The van der Waals surface area contributed by atoms with Gasteiger partial charge >= 0.3 is 0 Å². The first-order chi connectivity index (χ1) is 9.71. The van der Waals surface area contributed by atoms with Crippen LogP contribution in [0.5, 0.6) is 0 Å². The number of hydrogen-bond acceptors (Lipinski definition) is 3. The van der Waals surface area contributed by atoms with E-state index < -0.39 is 0 Å². The van der Waals surface area contributed by atoms with Gasteiger partial charge in [-0.2, -0.15) is 5.10 Å². The Morgan fingerprint density at radius 2 is 2.25 bits per heavy atom. The summed E-state index contributed by atoms with van der Waals surface area (Å²) in [6.07, 6.45) is 11.2. The molecule has 0 radical (unpaired) electrons. The number of ether oxygens (including phenoxy) is 1. The van der Waals surface area contributed by atoms with Gasteiger partial charge in [-0.1, -0.05) is 6.92 Å². The molecule has 1 aromatic heterocycles. The van der Waals surface area contributed by atoms with Gasteiger partial charge in [0.25, 0.3) is 0 Å². The quantitative estimate of drug-likeness (QED) is 0.755. The highest BCUT2D eigenvalue weighted by molar-refractivity contribution is 5.07. The Morgan fingerprint density at radius 1 is 1.45 bits per heavy atom. The molecule has 1 atom stereocenters. The molecule has 0 aliphatic heterocycles. The summed E-state index contributed by atoms with van der Waals surface area (Å²) in [6.45, 7) is 6.36. The van der Waals surface area contributed by atoms with Crippen molar-refractivity contribution in [2.24, 2.45) is 0 Å². The molecule has 1 aliphatic carbocycles. The van der Waals surface area contributed by atoms with Crippen LogP contribution in [0.3, 0.4) is 0 Å². The first kappa shape index (κ1) is 15.5. The predicted octanol–water partition coefficient (Wildman–Crippen LogP) is 2.77. The highest BCUT2D eigenvalue weighted by atomic mass is 16.5. The number of aryl methyl sites for hydroxylation is 1. The molecule has 1 aromatic rings. The fourth-order valence-electron chi connectivity index (χ4n) is 3.05. The smallest absolute Gasteiger partial charge is 0.0693 e. The summed E-state index contributed by atoms with van der Waals surface area (Å²) >= 11 is 0. The van der Waals surface area contributed by atoms with Gasteiger partial charge < -0.3 is 10.1 Å². The van der Waals surface area contributed by atoms with E-state index in [4.69, 9.17) is 4.74 Å². The van der Waals surface area contributed by atoms with Crippen molar-refractivity contribution in [1.29, 1.82) is 0 Å². The normalized spacial score (nSPS) is 18.8. The lowest BCUT2D eigenvalue weighted by Gasteiger charge is -2.43. The van der Waals surface area contributed by atoms with Crippen LogP contribution in [0.1, 0.15) is 51.5 Å². The Morgan fingerprint density at radius 3 is 2.75 bits per heavy atom. The molecule has 0 bridgehead atoms. The van der Waals surface area contributed by atoms with Crippen LogP contribution in [0.25, 0.3) is 0 Å². The van der Waals surface area contributed by atoms with Crippen LogP contribution in [-0.4, -0.2) is 35.1 Å². The van der Waals surface area contributed by atoms with Crippen LogP contribution in [0, 0.1) is 0 Å². The second-order valence-corrected chi connectivity index (χ2v) is 6.00. The average Bonchev–Trinajstić information content (AvgIpc) is 2.87. The molecule has 0 spiro atoms. The van der Waals surface area contributed by atoms with E-state index in [9.17, 15) is 0 Å². The molecule has 2 rings (SSSR count). The van der Waals surface area contributed by atoms with Crippen LogP contribution in [0.2, 0.25) is 0 Å². The van der Waals surface area contributed by atoms with E-state index in [0.29, 0.717) is 6.04 Å². The number of hydrogen-bond donors (Lipinski definition) is 1. The van der Waals surface area contributed by atoms with Crippen molar-refractivity contribution in [2.45, 2.75) is 70.6 Å². The zero-order valence-corrected chi connectivity index (χ0v) is 13.2. The molecule has 0 aromatic carbocycles. The average molecular weight is 279 g/mol. The number of aromatic nitrogens is 2. The maximum atomic E-state index is 5.79. The molecule has 4 heteroatoms. The first-order valence-corrected chi connectivity index (χ1v) is 8.01. The van der Waals surface area contributed by atoms with Crippen LogP contribution in [0.15, 0.2) is 12.4 Å². The van der Waals surface area contributed by atoms with Crippen LogP contribution in [-0.2, 0) is 17.7 Å². The van der Waals surface area contributed by atoms with Gasteiger partial charge in [-0.05, 0) is 57.6 Å². The van der Waals surface area contributed by atoms with Gasteiger partial charge in [0.05, 0.1) is 11.8 Å². The summed E-state index contributed by atoms with van der Waals surface area (Å²) in [5.74, 6) is 0. The Kier molecular flexibility index (Phi) is 5.61. The highest BCUT2D eigenvalue weighted by Crippen LogP contribution is 2.39. The number of nitrogens with zero attached hydrogens (tertiary/aromatic N) is 2. The summed E-state index contributed by atoms with van der Waals surface area (Å²) in [5, 5.41) is 8.06. The van der Waals surface area contributed by atoms with Crippen LogP contribution < -0.4 is 5.32 Å². The summed E-state index contributed by atoms with van der Waals surface area (Å²) in [7, 11) is 1.87. The van der Waals surface area contributed by atoms with E-state index in [-0.39, 0.29) is 5.60 Å². The second kappa shape index (κ2) is 7.23. The molecule has 0 saturated heterocycles. The molecule has 0 amide bonds. The number of rotatable bonds is 9. The molecule has 4 nitrogen and oxygen atoms in total. The Labute approximate surface area is 122 Å². The molecular formula is C16H29N3O. The minimum absolute atomic E-state index is 0.131. The van der Waals surface area contributed by atoms with Crippen molar-refractivity contribution in [3.63, 3.8) is 0 Å². The Hall–Kier alpha value is -0.870. The molecule has 1 saturated carbocycles. The van der Waals surface area contributed by atoms with E-state index in [1.165, 1.54) is 31.2 Å². The number of nitrogens with one attached hydrogen (secondary N) is 1. The molecule has 114 valence electrons. The third-order valence-corrected chi connectivity index (χ3v) is 4.49. The predicted molar refractivity (Wildman–Crippen MR) is 81.9 cm³/mol. The van der Waals surface area contributed by atoms with Gasteiger partial charge in [-0.3, -0.25) is 4.68 Å². The van der Waals surface area contributed by atoms with E-state index in [1.54, 1.807) is 0 Å². The molecule has 20 heavy (non-hydrogen) atoms. The van der Waals surface area contributed by atoms with Crippen LogP contribution in [0.4, 0.5) is 0 Å². The SMILES string of the molecule is CCCNC(Cc1cnn(CC)c1)CC1(OC)CCC1. The van der Waals surface area contributed by atoms with Gasteiger partial charge in [0, 0.05) is 25.9 Å². The van der Waals surface area contributed by atoms with Crippen LogP contribution >= 0.6 is 0 Å². The zero-order valence-electron chi connectivity index (χ0n) is 13.2. The lowest BCUT2D eigenvalue weighted by Crippen LogP contribution is -2.46. The summed E-state index contributed by atoms with van der Waals surface area (Å²) in [4.78, 5) is 0. The van der Waals surface area contributed by atoms with Gasteiger partial charge in [0.1, 0.15) is 0 Å². The molecule has 1 aliphatic rings. The fraction of sp³-hybridized carbons (Fsp3) is 0.812. The summed E-state index contributed by atoms with van der Waals surface area (Å²) in [6, 6.07) is 0.490. The maximum Gasteiger partial charge on any atom is 0.0693 e. The topological polar surface area (TPSA) is 39.1 Å². The van der Waals surface area contributed by atoms with E-state index >= 15 is 0 Å². The monoisotopic (exact) mass is 279 g/mol. The van der Waals surface area contributed by atoms with Crippen molar-refractivity contribution in [1.82, 2.24) is 15.1 Å². The van der Waals surface area contributed by atoms with Crippen molar-refractivity contribution in [2.75, 3.05) is 13.7 Å². The highest BCUT2D eigenvalue weighted by Gasteiger charge is 2.38. The minimum Gasteiger partial charge on any atom is -0.378 e. The summed E-state index contributed by atoms with van der Waals surface area (Å²) in [5.41, 5.74) is 1.46. The third kappa shape index (κ3) is 3.83. The van der Waals surface area contributed by atoms with E-state index in [2.05, 4.69) is 30.5 Å². The fourth-order valence-corrected chi connectivity index (χ4v) is 3.05. The van der Waals surface area contributed by atoms with Crippen molar-refractivity contribution < 1.29 is 4.74 Å². The van der Waals surface area contributed by atoms with Gasteiger partial charge in [-0.15, -0.1) is 0 Å². The van der Waals surface area contributed by atoms with Gasteiger partial charge in [-0.25, -0.2) is 0 Å². The molecule has 1 unspecified atom stereocenters. The minimum atomic E-state index is 0.131. The van der Waals surface area contributed by atoms with Crippen molar-refractivity contribution in [3.05, 3.63) is 18.0 Å². The molecule has 1 fully saturated rings. The Balaban J connectivity index is 1.95. The van der Waals surface area contributed by atoms with Crippen molar-refractivity contribution in [3.8, 4) is 0 Å². The lowest BCUT2D eigenvalue weighted by molar-refractivity contribution is -0.0834. The molecular weight excluding hydrogens is 250 g/mol. The van der Waals surface area contributed by atoms with Gasteiger partial charge in [0.2, 0.25) is 0 Å². The number of methoxy groups -OCH3 is 1. The summed E-state index contributed by atoms with van der Waals surface area (Å²) < 4.78 is 7.79. The van der Waals surface area contributed by atoms with Crippen molar-refractivity contribution >= 4 is 0 Å². The largest absolute Gasteiger partial charge is 0.378 e.